The van der Waals surface area contributed by atoms with Crippen molar-refractivity contribution in [2.45, 2.75) is 44.3 Å². The van der Waals surface area contributed by atoms with Gasteiger partial charge in [0.2, 0.25) is 11.8 Å². The number of rotatable bonds is 10. The van der Waals surface area contributed by atoms with Crippen molar-refractivity contribution in [2.75, 3.05) is 10.8 Å². The van der Waals surface area contributed by atoms with Crippen LogP contribution >= 0.6 is 11.6 Å². The zero-order valence-electron chi connectivity index (χ0n) is 20.8. The summed E-state index contributed by atoms with van der Waals surface area (Å²) in [5, 5.41) is 3.12. The second kappa shape index (κ2) is 12.2. The third-order valence-electron chi connectivity index (χ3n) is 5.62. The summed E-state index contributed by atoms with van der Waals surface area (Å²) in [5.41, 5.74) is 0.461. The number of amides is 2. The second-order valence-electron chi connectivity index (χ2n) is 8.75. The molecule has 2 amide bonds. The Morgan fingerprint density at radius 1 is 0.919 bits per heavy atom. The molecule has 37 heavy (non-hydrogen) atoms. The van der Waals surface area contributed by atoms with Crippen LogP contribution < -0.4 is 9.62 Å². The number of para-hydroxylation sites is 1. The summed E-state index contributed by atoms with van der Waals surface area (Å²) >= 11 is 5.94. The first-order valence-electron chi connectivity index (χ1n) is 11.7. The smallest absolute Gasteiger partial charge is 0.264 e. The first kappa shape index (κ1) is 28.1. The molecule has 3 rings (SSSR count). The summed E-state index contributed by atoms with van der Waals surface area (Å²) in [6.07, 6.45) is 0. The number of carbonyl (C=O) groups excluding carboxylic acids is 2. The fraction of sp³-hybridized carbons (Fsp3) is 0.259. The van der Waals surface area contributed by atoms with E-state index in [1.165, 1.54) is 54.3 Å². The molecular weight excluding hydrogens is 517 g/mol. The molecule has 0 aliphatic carbocycles. The Morgan fingerprint density at radius 3 is 2.11 bits per heavy atom. The van der Waals surface area contributed by atoms with Crippen molar-refractivity contribution < 1.29 is 22.4 Å². The lowest BCUT2D eigenvalue weighted by molar-refractivity contribution is -0.139. The molecule has 0 saturated heterocycles. The van der Waals surface area contributed by atoms with Gasteiger partial charge in [-0.15, -0.1) is 0 Å². The van der Waals surface area contributed by atoms with Gasteiger partial charge in [-0.1, -0.05) is 48.0 Å². The Kier molecular flexibility index (Phi) is 9.29. The van der Waals surface area contributed by atoms with Crippen LogP contribution in [0.2, 0.25) is 5.02 Å². The minimum absolute atomic E-state index is 0.0557. The van der Waals surface area contributed by atoms with Crippen molar-refractivity contribution in [3.8, 4) is 0 Å². The molecule has 3 aromatic rings. The molecule has 0 bridgehead atoms. The number of carbonyl (C=O) groups is 2. The third kappa shape index (κ3) is 7.08. The van der Waals surface area contributed by atoms with Crippen LogP contribution in [0.4, 0.5) is 10.1 Å². The van der Waals surface area contributed by atoms with Gasteiger partial charge in [0.15, 0.2) is 0 Å². The van der Waals surface area contributed by atoms with Gasteiger partial charge in [-0.2, -0.15) is 0 Å². The van der Waals surface area contributed by atoms with Crippen LogP contribution in [0.1, 0.15) is 26.3 Å². The van der Waals surface area contributed by atoms with Gasteiger partial charge in [-0.3, -0.25) is 13.9 Å². The molecule has 196 valence electrons. The van der Waals surface area contributed by atoms with E-state index in [0.29, 0.717) is 5.02 Å². The number of benzene rings is 3. The van der Waals surface area contributed by atoms with Gasteiger partial charge in [-0.25, -0.2) is 12.8 Å². The van der Waals surface area contributed by atoms with Gasteiger partial charge in [0.1, 0.15) is 18.4 Å². The van der Waals surface area contributed by atoms with Crippen LogP contribution in [0, 0.1) is 5.82 Å². The second-order valence-corrected chi connectivity index (χ2v) is 11.1. The molecule has 0 aromatic heterocycles. The number of hydrogen-bond donors (Lipinski definition) is 1. The molecule has 0 radical (unpaired) electrons. The molecule has 0 aliphatic heterocycles. The quantitative estimate of drug-likeness (QED) is 0.403. The van der Waals surface area contributed by atoms with Crippen LogP contribution in [-0.4, -0.2) is 43.8 Å². The number of nitrogens with one attached hydrogen (secondary N) is 1. The lowest BCUT2D eigenvalue weighted by Gasteiger charge is -2.32. The monoisotopic (exact) mass is 545 g/mol. The molecule has 1 N–H and O–H groups in total. The summed E-state index contributed by atoms with van der Waals surface area (Å²) in [4.78, 5) is 27.7. The number of nitrogens with zero attached hydrogens (tertiary/aromatic N) is 2. The molecule has 1 atom stereocenters. The van der Waals surface area contributed by atoms with Crippen molar-refractivity contribution in [1.29, 1.82) is 0 Å². The minimum Gasteiger partial charge on any atom is -0.352 e. The van der Waals surface area contributed by atoms with Crippen molar-refractivity contribution in [1.82, 2.24) is 10.2 Å². The predicted octanol–water partition coefficient (Wildman–Crippen LogP) is 4.62. The van der Waals surface area contributed by atoms with E-state index < -0.39 is 40.2 Å². The van der Waals surface area contributed by atoms with E-state index in [2.05, 4.69) is 5.32 Å². The van der Waals surface area contributed by atoms with Gasteiger partial charge in [0, 0.05) is 23.2 Å². The summed E-state index contributed by atoms with van der Waals surface area (Å²) in [6, 6.07) is 18.5. The number of halogens is 2. The molecular formula is C27H29ClFN3O4S. The van der Waals surface area contributed by atoms with E-state index in [0.717, 1.165) is 4.31 Å². The Bertz CT molecular complexity index is 1340. The fourth-order valence-corrected chi connectivity index (χ4v) is 5.19. The van der Waals surface area contributed by atoms with E-state index in [4.69, 9.17) is 11.6 Å². The van der Waals surface area contributed by atoms with Crippen LogP contribution in [0.25, 0.3) is 0 Å². The minimum atomic E-state index is -4.19. The fourth-order valence-electron chi connectivity index (χ4n) is 3.65. The lowest BCUT2D eigenvalue weighted by atomic mass is 10.1. The van der Waals surface area contributed by atoms with E-state index in [1.807, 2.05) is 0 Å². The molecule has 0 heterocycles. The average molecular weight is 546 g/mol. The molecule has 3 aromatic carbocycles. The summed E-state index contributed by atoms with van der Waals surface area (Å²) in [7, 11) is -4.19. The largest absolute Gasteiger partial charge is 0.352 e. The van der Waals surface area contributed by atoms with Crippen molar-refractivity contribution in [3.63, 3.8) is 0 Å². The van der Waals surface area contributed by atoms with Gasteiger partial charge in [0.05, 0.1) is 10.6 Å². The lowest BCUT2D eigenvalue weighted by Crippen LogP contribution is -2.52. The first-order chi connectivity index (χ1) is 17.5. The molecule has 0 spiro atoms. The standard InChI is InChI=1S/C27H29ClFN3O4S/c1-19(2)30-27(34)20(3)31(17-21-9-7-8-12-25(21)29)26(33)18-32(23-10-5-4-6-11-23)37(35,36)24-15-13-22(28)14-16-24/h4-16,19-20H,17-18H2,1-3H3,(H,30,34)/t20-/m1/s1. The first-order valence-corrected chi connectivity index (χ1v) is 13.5. The molecule has 0 saturated carbocycles. The van der Waals surface area contributed by atoms with Gasteiger partial charge in [-0.05, 0) is 63.2 Å². The Balaban J connectivity index is 2.01. The highest BCUT2D eigenvalue weighted by atomic mass is 35.5. The highest BCUT2D eigenvalue weighted by Gasteiger charge is 2.33. The SMILES string of the molecule is CC(C)NC(=O)[C@@H](C)N(Cc1ccccc1F)C(=O)CN(c1ccccc1)S(=O)(=O)c1ccc(Cl)cc1. The Labute approximate surface area is 221 Å². The molecule has 7 nitrogen and oxygen atoms in total. The normalized spacial score (nSPS) is 12.2. The van der Waals surface area contributed by atoms with Gasteiger partial charge in [0.25, 0.3) is 10.0 Å². The molecule has 0 fully saturated rings. The zero-order valence-corrected chi connectivity index (χ0v) is 22.3. The van der Waals surface area contributed by atoms with E-state index in [-0.39, 0.29) is 28.7 Å². The number of hydrogen-bond acceptors (Lipinski definition) is 4. The molecule has 0 unspecified atom stereocenters. The summed E-state index contributed by atoms with van der Waals surface area (Å²) < 4.78 is 42.7. The van der Waals surface area contributed by atoms with E-state index in [1.54, 1.807) is 50.2 Å². The molecule has 0 aliphatic rings. The average Bonchev–Trinajstić information content (AvgIpc) is 2.86. The number of sulfonamides is 1. The van der Waals surface area contributed by atoms with Crippen molar-refractivity contribution >= 4 is 39.1 Å². The highest BCUT2D eigenvalue weighted by Crippen LogP contribution is 2.25. The van der Waals surface area contributed by atoms with Crippen LogP contribution in [0.5, 0.6) is 0 Å². The maximum absolute atomic E-state index is 14.5. The highest BCUT2D eigenvalue weighted by molar-refractivity contribution is 7.92. The Morgan fingerprint density at radius 2 is 1.51 bits per heavy atom. The van der Waals surface area contributed by atoms with Crippen molar-refractivity contribution in [2.24, 2.45) is 0 Å². The summed E-state index contributed by atoms with van der Waals surface area (Å²) in [6.45, 7) is 4.26. The maximum Gasteiger partial charge on any atom is 0.264 e. The Hall–Kier alpha value is -3.43. The summed E-state index contributed by atoms with van der Waals surface area (Å²) in [5.74, 6) is -1.65. The predicted molar refractivity (Wildman–Crippen MR) is 142 cm³/mol. The van der Waals surface area contributed by atoms with E-state index >= 15 is 0 Å². The van der Waals surface area contributed by atoms with Crippen molar-refractivity contribution in [3.05, 3.63) is 95.3 Å². The van der Waals surface area contributed by atoms with Gasteiger partial charge < -0.3 is 10.2 Å². The number of anilines is 1. The van der Waals surface area contributed by atoms with Crippen LogP contribution in [0.3, 0.4) is 0 Å². The molecule has 10 heteroatoms. The third-order valence-corrected chi connectivity index (χ3v) is 7.66. The topological polar surface area (TPSA) is 86.8 Å². The van der Waals surface area contributed by atoms with Gasteiger partial charge >= 0.3 is 0 Å². The van der Waals surface area contributed by atoms with E-state index in [9.17, 15) is 22.4 Å². The van der Waals surface area contributed by atoms with Crippen LogP contribution in [-0.2, 0) is 26.2 Å². The zero-order chi connectivity index (χ0) is 27.2. The van der Waals surface area contributed by atoms with Crippen LogP contribution in [0.15, 0.2) is 83.8 Å². The maximum atomic E-state index is 14.5.